The molecule has 0 bridgehead atoms. The maximum atomic E-state index is 12.9. The van der Waals surface area contributed by atoms with Crippen LogP contribution in [0.5, 0.6) is 0 Å². The number of hydrogen-bond donors (Lipinski definition) is 0. The summed E-state index contributed by atoms with van der Waals surface area (Å²) in [5, 5.41) is 10.1. The zero-order chi connectivity index (χ0) is 11.8. The van der Waals surface area contributed by atoms with Crippen molar-refractivity contribution in [3.05, 3.63) is 35.8 Å². The third kappa shape index (κ3) is 1.61. The van der Waals surface area contributed by atoms with Gasteiger partial charge in [-0.3, -0.25) is 0 Å². The fourth-order valence-electron chi connectivity index (χ4n) is 1.90. The monoisotopic (exact) mass is 245 g/mol. The summed E-state index contributed by atoms with van der Waals surface area (Å²) >= 11 is 1.64. The molecule has 1 aliphatic heterocycles. The lowest BCUT2D eigenvalue weighted by molar-refractivity contribution is 0.628. The third-order valence-corrected chi connectivity index (χ3v) is 3.66. The SMILES string of the molecule is N#Cc1c(-c2ccc(F)cc2)nc2n1CCS2. The molecular formula is C12H8FN3S. The van der Waals surface area contributed by atoms with E-state index in [2.05, 4.69) is 11.1 Å². The lowest BCUT2D eigenvalue weighted by Crippen LogP contribution is -1.97. The molecule has 84 valence electrons. The van der Waals surface area contributed by atoms with Crippen LogP contribution in [0.3, 0.4) is 0 Å². The highest BCUT2D eigenvalue weighted by atomic mass is 32.2. The molecule has 2 aromatic rings. The van der Waals surface area contributed by atoms with Crippen LogP contribution in [-0.4, -0.2) is 15.3 Å². The predicted molar refractivity (Wildman–Crippen MR) is 63.1 cm³/mol. The number of thioether (sulfide) groups is 1. The van der Waals surface area contributed by atoms with Crippen molar-refractivity contribution in [2.45, 2.75) is 11.7 Å². The van der Waals surface area contributed by atoms with Crippen LogP contribution in [0, 0.1) is 17.1 Å². The van der Waals surface area contributed by atoms with E-state index in [4.69, 9.17) is 0 Å². The molecule has 0 atom stereocenters. The number of imidazole rings is 1. The summed E-state index contributed by atoms with van der Waals surface area (Å²) in [5.41, 5.74) is 2.00. The lowest BCUT2D eigenvalue weighted by atomic mass is 10.1. The van der Waals surface area contributed by atoms with Crippen LogP contribution in [-0.2, 0) is 6.54 Å². The minimum atomic E-state index is -0.284. The van der Waals surface area contributed by atoms with Crippen LogP contribution in [0.2, 0.25) is 0 Å². The number of benzene rings is 1. The Morgan fingerprint density at radius 1 is 1.35 bits per heavy atom. The molecule has 0 radical (unpaired) electrons. The Balaban J connectivity index is 2.16. The molecule has 17 heavy (non-hydrogen) atoms. The minimum Gasteiger partial charge on any atom is -0.309 e. The van der Waals surface area contributed by atoms with Gasteiger partial charge in [0.2, 0.25) is 0 Å². The molecular weight excluding hydrogens is 237 g/mol. The van der Waals surface area contributed by atoms with Crippen molar-refractivity contribution in [2.24, 2.45) is 0 Å². The summed E-state index contributed by atoms with van der Waals surface area (Å²) in [6.45, 7) is 0.817. The summed E-state index contributed by atoms with van der Waals surface area (Å²) in [5.74, 6) is 0.675. The highest BCUT2D eigenvalue weighted by molar-refractivity contribution is 7.99. The van der Waals surface area contributed by atoms with Crippen LogP contribution in [0.15, 0.2) is 29.4 Å². The zero-order valence-corrected chi connectivity index (χ0v) is 9.67. The van der Waals surface area contributed by atoms with Gasteiger partial charge in [0.25, 0.3) is 0 Å². The highest BCUT2D eigenvalue weighted by Crippen LogP contribution is 2.32. The number of hydrogen-bond acceptors (Lipinski definition) is 3. The second-order valence-electron chi connectivity index (χ2n) is 3.71. The molecule has 0 saturated heterocycles. The molecule has 1 aromatic heterocycles. The summed E-state index contributed by atoms with van der Waals surface area (Å²) in [7, 11) is 0. The average Bonchev–Trinajstić information content (AvgIpc) is 2.89. The normalized spacial score (nSPS) is 13.4. The summed E-state index contributed by atoms with van der Waals surface area (Å²) < 4.78 is 14.8. The van der Waals surface area contributed by atoms with Crippen molar-refractivity contribution in [2.75, 3.05) is 5.75 Å². The number of halogens is 1. The van der Waals surface area contributed by atoms with Crippen molar-refractivity contribution in [3.63, 3.8) is 0 Å². The van der Waals surface area contributed by atoms with Crippen LogP contribution in [0.4, 0.5) is 4.39 Å². The number of nitriles is 1. The van der Waals surface area contributed by atoms with E-state index < -0.39 is 0 Å². The summed E-state index contributed by atoms with van der Waals surface area (Å²) in [6, 6.07) is 8.25. The van der Waals surface area contributed by atoms with Crippen LogP contribution in [0.1, 0.15) is 5.69 Å². The second kappa shape index (κ2) is 3.90. The van der Waals surface area contributed by atoms with E-state index in [0.29, 0.717) is 11.4 Å². The van der Waals surface area contributed by atoms with E-state index in [1.54, 1.807) is 23.9 Å². The third-order valence-electron chi connectivity index (χ3n) is 2.70. The molecule has 0 unspecified atom stereocenters. The van der Waals surface area contributed by atoms with Crippen molar-refractivity contribution in [3.8, 4) is 17.3 Å². The number of nitrogens with zero attached hydrogens (tertiary/aromatic N) is 3. The fourth-order valence-corrected chi connectivity index (χ4v) is 2.85. The van der Waals surface area contributed by atoms with Crippen LogP contribution >= 0.6 is 11.8 Å². The van der Waals surface area contributed by atoms with E-state index in [0.717, 1.165) is 23.0 Å². The zero-order valence-electron chi connectivity index (χ0n) is 8.85. The van der Waals surface area contributed by atoms with Gasteiger partial charge in [-0.2, -0.15) is 5.26 Å². The van der Waals surface area contributed by atoms with E-state index in [9.17, 15) is 9.65 Å². The maximum Gasteiger partial charge on any atom is 0.169 e. The first-order valence-corrected chi connectivity index (χ1v) is 6.17. The maximum absolute atomic E-state index is 12.9. The quantitative estimate of drug-likeness (QED) is 0.775. The van der Waals surface area contributed by atoms with Gasteiger partial charge >= 0.3 is 0 Å². The van der Waals surface area contributed by atoms with Gasteiger partial charge < -0.3 is 4.57 Å². The molecule has 0 amide bonds. The van der Waals surface area contributed by atoms with Gasteiger partial charge in [-0.1, -0.05) is 11.8 Å². The molecule has 0 spiro atoms. The molecule has 3 rings (SSSR count). The van der Waals surface area contributed by atoms with E-state index in [-0.39, 0.29) is 5.82 Å². The topological polar surface area (TPSA) is 41.6 Å². The Kier molecular flexibility index (Phi) is 2.37. The van der Waals surface area contributed by atoms with Gasteiger partial charge in [0.05, 0.1) is 0 Å². The van der Waals surface area contributed by atoms with E-state index in [1.807, 2.05) is 4.57 Å². The molecule has 3 nitrogen and oxygen atoms in total. The van der Waals surface area contributed by atoms with Gasteiger partial charge in [0.15, 0.2) is 5.16 Å². The second-order valence-corrected chi connectivity index (χ2v) is 4.77. The van der Waals surface area contributed by atoms with Gasteiger partial charge in [-0.05, 0) is 24.3 Å². The van der Waals surface area contributed by atoms with Crippen molar-refractivity contribution in [1.82, 2.24) is 9.55 Å². The summed E-state index contributed by atoms with van der Waals surface area (Å²) in [4.78, 5) is 4.44. The Bertz CT molecular complexity index is 610. The molecule has 1 aromatic carbocycles. The standard InChI is InChI=1S/C12H8FN3S/c13-9-3-1-8(2-4-9)11-10(7-14)16-5-6-17-12(16)15-11/h1-4H,5-6H2. The number of fused-ring (bicyclic) bond motifs is 1. The first-order chi connectivity index (χ1) is 8.29. The molecule has 0 fully saturated rings. The molecule has 0 N–H and O–H groups in total. The summed E-state index contributed by atoms with van der Waals surface area (Å²) in [6.07, 6.45) is 0. The molecule has 0 saturated carbocycles. The van der Waals surface area contributed by atoms with Gasteiger partial charge in [0.1, 0.15) is 23.3 Å². The van der Waals surface area contributed by atoms with Crippen molar-refractivity contribution < 1.29 is 4.39 Å². The Hall–Kier alpha value is -1.80. The Morgan fingerprint density at radius 2 is 2.12 bits per heavy atom. The van der Waals surface area contributed by atoms with Gasteiger partial charge in [-0.15, -0.1) is 0 Å². The van der Waals surface area contributed by atoms with Crippen molar-refractivity contribution >= 4 is 11.8 Å². The Labute approximate surface area is 102 Å². The Morgan fingerprint density at radius 3 is 2.82 bits per heavy atom. The van der Waals surface area contributed by atoms with E-state index >= 15 is 0 Å². The minimum absolute atomic E-state index is 0.284. The van der Waals surface area contributed by atoms with Gasteiger partial charge in [0, 0.05) is 17.9 Å². The average molecular weight is 245 g/mol. The highest BCUT2D eigenvalue weighted by Gasteiger charge is 2.22. The molecule has 5 heteroatoms. The van der Waals surface area contributed by atoms with Crippen LogP contribution in [0.25, 0.3) is 11.3 Å². The van der Waals surface area contributed by atoms with Gasteiger partial charge in [-0.25, -0.2) is 9.37 Å². The molecule has 1 aliphatic rings. The molecule has 2 heterocycles. The molecule has 0 aliphatic carbocycles. The largest absolute Gasteiger partial charge is 0.309 e. The fraction of sp³-hybridized carbons (Fsp3) is 0.167. The number of rotatable bonds is 1. The van der Waals surface area contributed by atoms with Crippen LogP contribution < -0.4 is 0 Å². The predicted octanol–water partition coefficient (Wildman–Crippen LogP) is 2.67. The van der Waals surface area contributed by atoms with Crippen molar-refractivity contribution in [1.29, 1.82) is 5.26 Å². The smallest absolute Gasteiger partial charge is 0.169 e. The first-order valence-electron chi connectivity index (χ1n) is 5.19. The van der Waals surface area contributed by atoms with E-state index in [1.165, 1.54) is 12.1 Å². The first kappa shape index (κ1) is 10.4. The lowest BCUT2D eigenvalue weighted by Gasteiger charge is -1.99. The number of aromatic nitrogens is 2.